The molecule has 7 heteroatoms. The monoisotopic (exact) mass is 489 g/mol. The molecule has 2 aromatic carbocycles. The van der Waals surface area contributed by atoms with Gasteiger partial charge in [-0.3, -0.25) is 4.79 Å². The Kier molecular flexibility index (Phi) is 8.98. The summed E-state index contributed by atoms with van der Waals surface area (Å²) in [5, 5.41) is 7.41. The van der Waals surface area contributed by atoms with Crippen molar-refractivity contribution in [1.82, 2.24) is 19.7 Å². The zero-order valence-corrected chi connectivity index (χ0v) is 21.6. The van der Waals surface area contributed by atoms with Crippen molar-refractivity contribution in [2.24, 2.45) is 5.92 Å². The Morgan fingerprint density at radius 3 is 2.33 bits per heavy atom. The highest BCUT2D eigenvalue weighted by Crippen LogP contribution is 2.34. The molecule has 1 N–H and O–H groups in total. The first-order chi connectivity index (χ1) is 17.6. The summed E-state index contributed by atoms with van der Waals surface area (Å²) in [6.07, 6.45) is 7.66. The number of carbonyl (C=O) groups excluding carboxylic acids is 1. The van der Waals surface area contributed by atoms with E-state index in [1.165, 1.54) is 0 Å². The minimum Gasteiger partial charge on any atom is -0.372 e. The standard InChI is InChI=1S/C29H39N5O2/c1-3-5-9-19-34-29(36)33(22-31-34)26-14-12-25(13-15-26)32-20-16-24(17-21-32)27(28(35)30-18-4-2)23-10-7-6-8-11-23/h6-8,10-15,22,24,27H,3-5,9,16-21H2,1-2H3,(H,30,35). The van der Waals surface area contributed by atoms with Gasteiger partial charge in [0.15, 0.2) is 0 Å². The maximum absolute atomic E-state index is 13.1. The van der Waals surface area contributed by atoms with E-state index in [1.807, 2.05) is 30.3 Å². The van der Waals surface area contributed by atoms with Crippen molar-refractivity contribution in [3.63, 3.8) is 0 Å². The fourth-order valence-electron chi connectivity index (χ4n) is 5.15. The highest BCUT2D eigenvalue weighted by atomic mass is 16.2. The minimum absolute atomic E-state index is 0.0898. The molecule has 0 bridgehead atoms. The zero-order valence-electron chi connectivity index (χ0n) is 21.6. The molecule has 36 heavy (non-hydrogen) atoms. The summed E-state index contributed by atoms with van der Waals surface area (Å²) in [5.41, 5.74) is 2.99. The summed E-state index contributed by atoms with van der Waals surface area (Å²) in [4.78, 5) is 28.2. The third-order valence-corrected chi connectivity index (χ3v) is 7.20. The Hall–Kier alpha value is -3.35. The lowest BCUT2D eigenvalue weighted by Gasteiger charge is -2.37. The Labute approximate surface area is 214 Å². The van der Waals surface area contributed by atoms with E-state index < -0.39 is 0 Å². The molecular formula is C29H39N5O2. The van der Waals surface area contributed by atoms with Gasteiger partial charge in [0, 0.05) is 31.9 Å². The van der Waals surface area contributed by atoms with E-state index in [4.69, 9.17) is 0 Å². The summed E-state index contributed by atoms with van der Waals surface area (Å²) in [6, 6.07) is 18.3. The lowest BCUT2D eigenvalue weighted by molar-refractivity contribution is -0.124. The Balaban J connectivity index is 1.40. The lowest BCUT2D eigenvalue weighted by Crippen LogP contribution is -2.40. The second-order valence-electron chi connectivity index (χ2n) is 9.73. The molecule has 0 spiro atoms. The van der Waals surface area contributed by atoms with E-state index in [1.54, 1.807) is 15.6 Å². The van der Waals surface area contributed by atoms with Crippen molar-refractivity contribution < 1.29 is 4.79 Å². The number of unbranched alkanes of at least 4 members (excludes halogenated alkanes) is 2. The zero-order chi connectivity index (χ0) is 25.3. The highest BCUT2D eigenvalue weighted by molar-refractivity contribution is 5.84. The first kappa shape index (κ1) is 25.7. The molecule has 1 fully saturated rings. The van der Waals surface area contributed by atoms with Gasteiger partial charge in [0.05, 0.1) is 11.6 Å². The smallest absolute Gasteiger partial charge is 0.350 e. The number of nitrogens with one attached hydrogen (secondary N) is 1. The predicted octanol–water partition coefficient (Wildman–Crippen LogP) is 4.75. The summed E-state index contributed by atoms with van der Waals surface area (Å²) in [7, 11) is 0. The molecule has 1 amide bonds. The normalized spacial score (nSPS) is 15.1. The number of anilines is 1. The van der Waals surface area contributed by atoms with Gasteiger partial charge in [0.25, 0.3) is 0 Å². The number of hydrogen-bond donors (Lipinski definition) is 1. The largest absolute Gasteiger partial charge is 0.372 e. The van der Waals surface area contributed by atoms with E-state index in [0.717, 1.165) is 68.6 Å². The first-order valence-electron chi connectivity index (χ1n) is 13.4. The van der Waals surface area contributed by atoms with Crippen LogP contribution in [0.4, 0.5) is 5.69 Å². The quantitative estimate of drug-likeness (QED) is 0.395. The third kappa shape index (κ3) is 6.07. The van der Waals surface area contributed by atoms with Gasteiger partial charge in [-0.25, -0.2) is 14.0 Å². The number of rotatable bonds is 11. The molecule has 0 aliphatic carbocycles. The Morgan fingerprint density at radius 2 is 1.67 bits per heavy atom. The number of piperidine rings is 1. The molecule has 0 radical (unpaired) electrons. The number of aryl methyl sites for hydroxylation is 1. The van der Waals surface area contributed by atoms with E-state index in [2.05, 4.69) is 53.4 Å². The molecule has 7 nitrogen and oxygen atoms in total. The molecule has 1 aliphatic heterocycles. The molecule has 2 heterocycles. The van der Waals surface area contributed by atoms with Crippen molar-refractivity contribution in [3.8, 4) is 5.69 Å². The van der Waals surface area contributed by atoms with Gasteiger partial charge in [-0.2, -0.15) is 5.10 Å². The summed E-state index contributed by atoms with van der Waals surface area (Å²) >= 11 is 0. The van der Waals surface area contributed by atoms with E-state index in [0.29, 0.717) is 19.0 Å². The highest BCUT2D eigenvalue weighted by Gasteiger charge is 2.32. The van der Waals surface area contributed by atoms with E-state index in [9.17, 15) is 9.59 Å². The van der Waals surface area contributed by atoms with Crippen LogP contribution >= 0.6 is 0 Å². The molecule has 1 atom stereocenters. The van der Waals surface area contributed by atoms with Crippen molar-refractivity contribution in [2.75, 3.05) is 24.5 Å². The molecular weight excluding hydrogens is 450 g/mol. The summed E-state index contributed by atoms with van der Waals surface area (Å²) in [5.74, 6) is 0.353. The van der Waals surface area contributed by atoms with Crippen LogP contribution in [-0.2, 0) is 11.3 Å². The van der Waals surface area contributed by atoms with Crippen LogP contribution in [0.15, 0.2) is 65.7 Å². The first-order valence-corrected chi connectivity index (χ1v) is 13.4. The van der Waals surface area contributed by atoms with Crippen LogP contribution in [0.1, 0.15) is 63.9 Å². The average molecular weight is 490 g/mol. The molecule has 0 saturated carbocycles. The van der Waals surface area contributed by atoms with Crippen LogP contribution in [0.5, 0.6) is 0 Å². The minimum atomic E-state index is -0.108. The van der Waals surface area contributed by atoms with Crippen molar-refractivity contribution >= 4 is 11.6 Å². The number of hydrogen-bond acceptors (Lipinski definition) is 4. The molecule has 1 aliphatic rings. The van der Waals surface area contributed by atoms with Crippen LogP contribution in [0.2, 0.25) is 0 Å². The van der Waals surface area contributed by atoms with Gasteiger partial charge < -0.3 is 10.2 Å². The van der Waals surface area contributed by atoms with E-state index >= 15 is 0 Å². The Bertz CT molecular complexity index is 1140. The molecule has 4 rings (SSSR count). The fraction of sp³-hybridized carbons (Fsp3) is 0.483. The van der Waals surface area contributed by atoms with Crippen molar-refractivity contribution in [2.45, 2.75) is 64.8 Å². The molecule has 1 saturated heterocycles. The second kappa shape index (κ2) is 12.6. The van der Waals surface area contributed by atoms with Gasteiger partial charge in [0.2, 0.25) is 5.91 Å². The van der Waals surface area contributed by atoms with Gasteiger partial charge >= 0.3 is 5.69 Å². The molecule has 3 aromatic rings. The Morgan fingerprint density at radius 1 is 0.972 bits per heavy atom. The van der Waals surface area contributed by atoms with Gasteiger partial charge in [-0.15, -0.1) is 0 Å². The molecule has 192 valence electrons. The number of amides is 1. The van der Waals surface area contributed by atoms with Crippen LogP contribution in [-0.4, -0.2) is 39.9 Å². The third-order valence-electron chi connectivity index (χ3n) is 7.20. The van der Waals surface area contributed by atoms with Gasteiger partial charge in [0.1, 0.15) is 6.33 Å². The van der Waals surface area contributed by atoms with Crippen molar-refractivity contribution in [3.05, 3.63) is 77.0 Å². The second-order valence-corrected chi connectivity index (χ2v) is 9.73. The van der Waals surface area contributed by atoms with Crippen LogP contribution in [0.3, 0.4) is 0 Å². The van der Waals surface area contributed by atoms with E-state index in [-0.39, 0.29) is 17.5 Å². The number of nitrogens with zero attached hydrogens (tertiary/aromatic N) is 4. The lowest BCUT2D eigenvalue weighted by atomic mass is 9.79. The average Bonchev–Trinajstić information content (AvgIpc) is 3.29. The maximum atomic E-state index is 13.1. The maximum Gasteiger partial charge on any atom is 0.350 e. The summed E-state index contributed by atoms with van der Waals surface area (Å²) in [6.45, 7) is 7.42. The SMILES string of the molecule is CCCCCn1ncn(-c2ccc(N3CCC(C(C(=O)NCCC)c4ccccc4)CC3)cc2)c1=O. The van der Waals surface area contributed by atoms with Crippen LogP contribution in [0, 0.1) is 5.92 Å². The molecule has 1 unspecified atom stereocenters. The molecule has 1 aromatic heterocycles. The number of benzene rings is 2. The fourth-order valence-corrected chi connectivity index (χ4v) is 5.15. The van der Waals surface area contributed by atoms with Gasteiger partial charge in [-0.1, -0.05) is 57.0 Å². The number of carbonyl (C=O) groups is 1. The predicted molar refractivity (Wildman–Crippen MR) is 145 cm³/mol. The summed E-state index contributed by atoms with van der Waals surface area (Å²) < 4.78 is 3.16. The van der Waals surface area contributed by atoms with Crippen LogP contribution < -0.4 is 15.9 Å². The van der Waals surface area contributed by atoms with Gasteiger partial charge in [-0.05, 0) is 61.4 Å². The van der Waals surface area contributed by atoms with Crippen LogP contribution in [0.25, 0.3) is 5.69 Å². The number of aromatic nitrogens is 3. The topological polar surface area (TPSA) is 72.2 Å². The van der Waals surface area contributed by atoms with Crippen molar-refractivity contribution in [1.29, 1.82) is 0 Å².